The molecule has 10 heteroatoms. The van der Waals surface area contributed by atoms with Crippen LogP contribution in [0.2, 0.25) is 0 Å². The highest BCUT2D eigenvalue weighted by atomic mass is 32.1. The van der Waals surface area contributed by atoms with Crippen LogP contribution in [0.5, 0.6) is 0 Å². The molecule has 3 amide bonds. The predicted octanol–water partition coefficient (Wildman–Crippen LogP) is 2.22. The summed E-state index contributed by atoms with van der Waals surface area (Å²) in [6.45, 7) is 3.79. The number of aryl methyl sites for hydroxylation is 1. The minimum absolute atomic E-state index is 0.000140. The molecule has 4 rings (SSSR count). The SMILES string of the molecule is COCc1nnc(NC(=O)C2CCN(C(=O)[C@H]3CC(=O)N(c4ccc(C)cc4)C3)CC2)s1. The fourth-order valence-electron chi connectivity index (χ4n) is 4.16. The van der Waals surface area contributed by atoms with Crippen molar-refractivity contribution in [2.24, 2.45) is 11.8 Å². The second kappa shape index (κ2) is 9.74. The zero-order valence-corrected chi connectivity index (χ0v) is 19.1. The van der Waals surface area contributed by atoms with Gasteiger partial charge >= 0.3 is 0 Å². The van der Waals surface area contributed by atoms with Crippen LogP contribution >= 0.6 is 11.3 Å². The highest BCUT2D eigenvalue weighted by Gasteiger charge is 2.38. The molecule has 3 heterocycles. The van der Waals surface area contributed by atoms with Gasteiger partial charge in [0.1, 0.15) is 11.6 Å². The maximum atomic E-state index is 13.0. The van der Waals surface area contributed by atoms with Crippen LogP contribution in [0.1, 0.15) is 29.8 Å². The molecule has 1 aromatic heterocycles. The number of nitrogens with zero attached hydrogens (tertiary/aromatic N) is 4. The zero-order chi connectivity index (χ0) is 22.7. The molecule has 32 heavy (non-hydrogen) atoms. The number of hydrogen-bond donors (Lipinski definition) is 1. The first kappa shape index (κ1) is 22.3. The highest BCUT2D eigenvalue weighted by Crippen LogP contribution is 2.28. The van der Waals surface area contributed by atoms with Gasteiger partial charge in [0.2, 0.25) is 22.9 Å². The number of piperidine rings is 1. The van der Waals surface area contributed by atoms with Crippen molar-refractivity contribution < 1.29 is 19.1 Å². The Labute approximate surface area is 190 Å². The van der Waals surface area contributed by atoms with Crippen molar-refractivity contribution in [1.82, 2.24) is 15.1 Å². The maximum Gasteiger partial charge on any atom is 0.229 e. The normalized spacial score (nSPS) is 19.4. The molecule has 0 spiro atoms. The molecule has 0 radical (unpaired) electrons. The van der Waals surface area contributed by atoms with Crippen molar-refractivity contribution >= 4 is 39.9 Å². The summed E-state index contributed by atoms with van der Waals surface area (Å²) in [5.41, 5.74) is 1.96. The van der Waals surface area contributed by atoms with Gasteiger partial charge < -0.3 is 19.9 Å². The first-order chi connectivity index (χ1) is 15.4. The van der Waals surface area contributed by atoms with Crippen molar-refractivity contribution in [1.29, 1.82) is 0 Å². The standard InChI is InChI=1S/C22H27N5O4S/c1-14-3-5-17(6-4-14)27-12-16(11-19(27)28)21(30)26-9-7-15(8-10-26)20(29)23-22-25-24-18(32-22)13-31-2/h3-6,15-16H,7-13H2,1-2H3,(H,23,25,29)/t16-/m0/s1. The van der Waals surface area contributed by atoms with Crippen LogP contribution in [0.15, 0.2) is 24.3 Å². The summed E-state index contributed by atoms with van der Waals surface area (Å²) in [7, 11) is 1.58. The van der Waals surface area contributed by atoms with Gasteiger partial charge in [-0.25, -0.2) is 0 Å². The van der Waals surface area contributed by atoms with E-state index in [0.717, 1.165) is 11.3 Å². The van der Waals surface area contributed by atoms with Crippen LogP contribution < -0.4 is 10.2 Å². The Morgan fingerprint density at radius 3 is 2.56 bits per heavy atom. The number of nitrogens with one attached hydrogen (secondary N) is 1. The number of rotatable bonds is 6. The second-order valence-corrected chi connectivity index (χ2v) is 9.33. The first-order valence-corrected chi connectivity index (χ1v) is 11.5. The molecular formula is C22H27N5O4S. The van der Waals surface area contributed by atoms with Gasteiger partial charge in [-0.2, -0.15) is 0 Å². The molecule has 170 valence electrons. The molecule has 2 aromatic rings. The largest absolute Gasteiger partial charge is 0.377 e. The number of anilines is 2. The van der Waals surface area contributed by atoms with E-state index in [2.05, 4.69) is 15.5 Å². The zero-order valence-electron chi connectivity index (χ0n) is 18.2. The molecule has 9 nitrogen and oxygen atoms in total. The number of likely N-dealkylation sites (tertiary alicyclic amines) is 1. The van der Waals surface area contributed by atoms with Crippen LogP contribution in [0.4, 0.5) is 10.8 Å². The van der Waals surface area contributed by atoms with Crippen molar-refractivity contribution in [3.05, 3.63) is 34.8 Å². The average molecular weight is 458 g/mol. The number of carbonyl (C=O) groups excluding carboxylic acids is 3. The van der Waals surface area contributed by atoms with Gasteiger partial charge in [0.25, 0.3) is 0 Å². The van der Waals surface area contributed by atoms with Crippen molar-refractivity contribution in [3.8, 4) is 0 Å². The lowest BCUT2D eigenvalue weighted by atomic mass is 9.94. The number of hydrogen-bond acceptors (Lipinski definition) is 7. The van der Waals surface area contributed by atoms with E-state index in [0.29, 0.717) is 49.2 Å². The Balaban J connectivity index is 1.28. The summed E-state index contributed by atoms with van der Waals surface area (Å²) in [4.78, 5) is 41.6. The Bertz CT molecular complexity index is 984. The van der Waals surface area contributed by atoms with Crippen LogP contribution in [-0.4, -0.2) is 59.6 Å². The number of methoxy groups -OCH3 is 1. The molecule has 0 bridgehead atoms. The fourth-order valence-corrected chi connectivity index (χ4v) is 4.88. The summed E-state index contributed by atoms with van der Waals surface area (Å²) < 4.78 is 5.02. The van der Waals surface area contributed by atoms with Gasteiger partial charge in [-0.15, -0.1) is 10.2 Å². The van der Waals surface area contributed by atoms with Crippen LogP contribution in [0.3, 0.4) is 0 Å². The number of amides is 3. The van der Waals surface area contributed by atoms with Crippen LogP contribution in [-0.2, 0) is 25.7 Å². The minimum Gasteiger partial charge on any atom is -0.377 e. The summed E-state index contributed by atoms with van der Waals surface area (Å²) in [5.74, 6) is -0.636. The summed E-state index contributed by atoms with van der Waals surface area (Å²) in [6, 6.07) is 7.77. The highest BCUT2D eigenvalue weighted by molar-refractivity contribution is 7.15. The predicted molar refractivity (Wildman–Crippen MR) is 120 cm³/mol. The van der Waals surface area contributed by atoms with E-state index in [4.69, 9.17) is 4.74 Å². The summed E-state index contributed by atoms with van der Waals surface area (Å²) in [6.07, 6.45) is 1.40. The average Bonchev–Trinajstić information content (AvgIpc) is 3.40. The van der Waals surface area contributed by atoms with Crippen LogP contribution in [0, 0.1) is 18.8 Å². The van der Waals surface area contributed by atoms with Crippen LogP contribution in [0.25, 0.3) is 0 Å². The van der Waals surface area contributed by atoms with Gasteiger partial charge in [-0.3, -0.25) is 14.4 Å². The van der Waals surface area contributed by atoms with E-state index >= 15 is 0 Å². The van der Waals surface area contributed by atoms with Crippen molar-refractivity contribution in [2.45, 2.75) is 32.8 Å². The summed E-state index contributed by atoms with van der Waals surface area (Å²) >= 11 is 1.29. The molecule has 1 N–H and O–H groups in total. The number of ether oxygens (including phenoxy) is 1. The Kier molecular flexibility index (Phi) is 6.80. The topological polar surface area (TPSA) is 105 Å². The Morgan fingerprint density at radius 1 is 1.16 bits per heavy atom. The van der Waals surface area contributed by atoms with Gasteiger partial charge in [-0.1, -0.05) is 29.0 Å². The summed E-state index contributed by atoms with van der Waals surface area (Å²) in [5, 5.41) is 11.9. The molecule has 0 unspecified atom stereocenters. The lowest BCUT2D eigenvalue weighted by molar-refractivity contribution is -0.138. The van der Waals surface area contributed by atoms with Crippen molar-refractivity contribution in [3.63, 3.8) is 0 Å². The Morgan fingerprint density at radius 2 is 1.88 bits per heavy atom. The smallest absolute Gasteiger partial charge is 0.229 e. The first-order valence-electron chi connectivity index (χ1n) is 10.7. The molecule has 1 aromatic carbocycles. The third kappa shape index (κ3) is 4.97. The molecule has 2 aliphatic heterocycles. The van der Waals surface area contributed by atoms with E-state index in [1.165, 1.54) is 11.3 Å². The van der Waals surface area contributed by atoms with E-state index in [1.54, 1.807) is 16.9 Å². The third-order valence-corrected chi connectivity index (χ3v) is 6.77. The quantitative estimate of drug-likeness (QED) is 0.713. The third-order valence-electron chi connectivity index (χ3n) is 5.96. The maximum absolute atomic E-state index is 13.0. The van der Waals surface area contributed by atoms with E-state index < -0.39 is 0 Å². The molecule has 0 saturated carbocycles. The molecule has 1 atom stereocenters. The van der Waals surface area contributed by atoms with E-state index in [1.807, 2.05) is 31.2 Å². The lowest BCUT2D eigenvalue weighted by Crippen LogP contribution is -2.44. The van der Waals surface area contributed by atoms with Gasteiger partial charge in [0.15, 0.2) is 0 Å². The van der Waals surface area contributed by atoms with Gasteiger partial charge in [0, 0.05) is 44.8 Å². The molecular weight excluding hydrogens is 430 g/mol. The second-order valence-electron chi connectivity index (χ2n) is 8.26. The van der Waals surface area contributed by atoms with E-state index in [9.17, 15) is 14.4 Å². The number of carbonyl (C=O) groups is 3. The fraction of sp³-hybridized carbons (Fsp3) is 0.500. The van der Waals surface area contributed by atoms with Gasteiger partial charge in [-0.05, 0) is 31.9 Å². The Hall–Kier alpha value is -2.85. The van der Waals surface area contributed by atoms with Crippen molar-refractivity contribution in [2.75, 3.05) is 37.0 Å². The minimum atomic E-state index is -0.338. The lowest BCUT2D eigenvalue weighted by Gasteiger charge is -2.32. The number of benzene rings is 1. The monoisotopic (exact) mass is 457 g/mol. The molecule has 0 aliphatic carbocycles. The molecule has 2 saturated heterocycles. The molecule has 2 aliphatic rings. The van der Waals surface area contributed by atoms with E-state index in [-0.39, 0.29) is 36.0 Å². The van der Waals surface area contributed by atoms with Gasteiger partial charge in [0.05, 0.1) is 5.92 Å². The molecule has 2 fully saturated rings. The number of aromatic nitrogens is 2.